The van der Waals surface area contributed by atoms with Crippen LogP contribution < -0.4 is 10.6 Å². The molecule has 0 bridgehead atoms. The minimum absolute atomic E-state index is 0. The Morgan fingerprint density at radius 1 is 1.13 bits per heavy atom. The molecule has 0 saturated heterocycles. The van der Waals surface area contributed by atoms with E-state index >= 15 is 0 Å². The number of aliphatic imine (C=N–C) groups is 1. The Morgan fingerprint density at radius 2 is 1.78 bits per heavy atom. The zero-order chi connectivity index (χ0) is 16.2. The van der Waals surface area contributed by atoms with E-state index in [1.165, 1.54) is 6.42 Å². The van der Waals surface area contributed by atoms with Crippen LogP contribution >= 0.6 is 24.0 Å². The molecule has 0 saturated carbocycles. The highest BCUT2D eigenvalue weighted by Crippen LogP contribution is 1.97. The van der Waals surface area contributed by atoms with Gasteiger partial charge in [-0.05, 0) is 25.0 Å². The van der Waals surface area contributed by atoms with Crippen LogP contribution in [-0.4, -0.2) is 50.5 Å². The zero-order valence-corrected chi connectivity index (χ0v) is 16.7. The molecule has 0 aliphatic rings. The van der Waals surface area contributed by atoms with Crippen LogP contribution in [0.25, 0.3) is 0 Å². The van der Waals surface area contributed by atoms with Gasteiger partial charge in [0.25, 0.3) is 5.91 Å². The lowest BCUT2D eigenvalue weighted by Crippen LogP contribution is -2.40. The smallest absolute Gasteiger partial charge is 0.251 e. The highest BCUT2D eigenvalue weighted by Gasteiger charge is 2.05. The summed E-state index contributed by atoms with van der Waals surface area (Å²) in [4.78, 5) is 18.3. The van der Waals surface area contributed by atoms with E-state index < -0.39 is 0 Å². The van der Waals surface area contributed by atoms with E-state index in [0.29, 0.717) is 12.1 Å². The van der Waals surface area contributed by atoms with Crippen molar-refractivity contribution in [2.75, 3.05) is 33.7 Å². The van der Waals surface area contributed by atoms with E-state index in [-0.39, 0.29) is 29.9 Å². The monoisotopic (exact) mass is 432 g/mol. The second-order valence-corrected chi connectivity index (χ2v) is 5.22. The highest BCUT2D eigenvalue weighted by atomic mass is 127. The molecular formula is C17H29IN4O. The topological polar surface area (TPSA) is 56.7 Å². The summed E-state index contributed by atoms with van der Waals surface area (Å²) >= 11 is 0. The normalized spacial score (nSPS) is 10.7. The molecule has 23 heavy (non-hydrogen) atoms. The molecule has 1 amide bonds. The molecule has 0 aliphatic heterocycles. The molecule has 6 heteroatoms. The fourth-order valence-electron chi connectivity index (χ4n) is 2.07. The van der Waals surface area contributed by atoms with Crippen LogP contribution in [0, 0.1) is 0 Å². The van der Waals surface area contributed by atoms with E-state index in [1.807, 2.05) is 37.4 Å². The predicted molar refractivity (Wildman–Crippen MR) is 108 cm³/mol. The average molecular weight is 432 g/mol. The first kappa shape index (κ1) is 21.7. The number of guanidine groups is 1. The number of hydrogen-bond donors (Lipinski definition) is 2. The number of carbonyl (C=O) groups excluding carboxylic acids is 1. The van der Waals surface area contributed by atoms with E-state index in [0.717, 1.165) is 31.9 Å². The lowest BCUT2D eigenvalue weighted by atomic mass is 10.2. The maximum atomic E-state index is 11.9. The molecule has 1 aromatic rings. The molecular weight excluding hydrogens is 403 g/mol. The van der Waals surface area contributed by atoms with Crippen molar-refractivity contribution < 1.29 is 4.79 Å². The Kier molecular flexibility index (Phi) is 12.4. The van der Waals surface area contributed by atoms with Gasteiger partial charge in [0.2, 0.25) is 0 Å². The van der Waals surface area contributed by atoms with Crippen molar-refractivity contribution in [1.29, 1.82) is 0 Å². The zero-order valence-electron chi connectivity index (χ0n) is 14.3. The van der Waals surface area contributed by atoms with Crippen LogP contribution in [-0.2, 0) is 0 Å². The summed E-state index contributed by atoms with van der Waals surface area (Å²) in [5, 5.41) is 6.24. The van der Waals surface area contributed by atoms with Crippen LogP contribution in [0.4, 0.5) is 0 Å². The largest absolute Gasteiger partial charge is 0.356 e. The van der Waals surface area contributed by atoms with E-state index in [2.05, 4.69) is 27.4 Å². The molecule has 5 nitrogen and oxygen atoms in total. The number of nitrogens with one attached hydrogen (secondary N) is 2. The summed E-state index contributed by atoms with van der Waals surface area (Å²) in [6, 6.07) is 9.27. The fraction of sp³-hybridized carbons (Fsp3) is 0.529. The molecule has 0 radical (unpaired) electrons. The van der Waals surface area contributed by atoms with Crippen molar-refractivity contribution in [3.8, 4) is 0 Å². The Bertz CT molecular complexity index is 465. The number of amides is 1. The molecule has 1 rings (SSSR count). The first-order chi connectivity index (χ1) is 10.7. The van der Waals surface area contributed by atoms with E-state index in [4.69, 9.17) is 0 Å². The molecule has 0 atom stereocenters. The summed E-state index contributed by atoms with van der Waals surface area (Å²) < 4.78 is 0. The minimum Gasteiger partial charge on any atom is -0.356 e. The minimum atomic E-state index is -0.0231. The lowest BCUT2D eigenvalue weighted by molar-refractivity contribution is 0.0953. The molecule has 0 aromatic heterocycles. The number of carbonyl (C=O) groups is 1. The van der Waals surface area contributed by atoms with E-state index in [1.54, 1.807) is 7.05 Å². The number of halogens is 1. The lowest BCUT2D eigenvalue weighted by Gasteiger charge is -2.21. The van der Waals surface area contributed by atoms with Gasteiger partial charge in [-0.3, -0.25) is 9.79 Å². The maximum Gasteiger partial charge on any atom is 0.251 e. The Balaban J connectivity index is 0.00000484. The molecule has 1 aromatic carbocycles. The van der Waals surface area contributed by atoms with Crippen molar-refractivity contribution in [3.63, 3.8) is 0 Å². The van der Waals surface area contributed by atoms with Gasteiger partial charge in [0.05, 0.1) is 0 Å². The van der Waals surface area contributed by atoms with Gasteiger partial charge in [0.1, 0.15) is 0 Å². The van der Waals surface area contributed by atoms with Gasteiger partial charge in [-0.25, -0.2) is 0 Å². The molecule has 0 unspecified atom stereocenters. The number of hydrogen-bond acceptors (Lipinski definition) is 2. The number of benzene rings is 1. The molecule has 130 valence electrons. The second-order valence-electron chi connectivity index (χ2n) is 5.22. The molecule has 0 heterocycles. The van der Waals surface area contributed by atoms with Crippen molar-refractivity contribution >= 4 is 35.8 Å². The second kappa shape index (κ2) is 13.2. The van der Waals surface area contributed by atoms with Crippen LogP contribution in [0.3, 0.4) is 0 Å². The molecule has 0 aliphatic carbocycles. The van der Waals surface area contributed by atoms with Crippen molar-refractivity contribution in [1.82, 2.24) is 15.5 Å². The van der Waals surface area contributed by atoms with Crippen molar-refractivity contribution in [2.24, 2.45) is 4.99 Å². The Morgan fingerprint density at radius 3 is 2.39 bits per heavy atom. The van der Waals surface area contributed by atoms with Gasteiger partial charge >= 0.3 is 0 Å². The number of rotatable bonds is 8. The first-order valence-corrected chi connectivity index (χ1v) is 7.94. The predicted octanol–water partition coefficient (Wildman–Crippen LogP) is 2.73. The van der Waals surface area contributed by atoms with Crippen LogP contribution in [0.15, 0.2) is 35.3 Å². The van der Waals surface area contributed by atoms with Crippen LogP contribution in [0.5, 0.6) is 0 Å². The Hall–Kier alpha value is -1.31. The first-order valence-electron chi connectivity index (χ1n) is 7.94. The number of nitrogens with zero attached hydrogens (tertiary/aromatic N) is 2. The third-order valence-corrected chi connectivity index (χ3v) is 3.38. The quantitative estimate of drug-likeness (QED) is 0.288. The van der Waals surface area contributed by atoms with Gasteiger partial charge in [0, 0.05) is 39.3 Å². The third kappa shape index (κ3) is 8.78. The maximum absolute atomic E-state index is 11.9. The van der Waals surface area contributed by atoms with Gasteiger partial charge in [-0.15, -0.1) is 24.0 Å². The summed E-state index contributed by atoms with van der Waals surface area (Å²) in [5.41, 5.74) is 0.700. The van der Waals surface area contributed by atoms with E-state index in [9.17, 15) is 4.79 Å². The molecule has 0 fully saturated rings. The standard InChI is InChI=1S/C17H28N4O.HI/c1-4-5-14-21(3)17(18-2)20-13-9-12-19-16(22)15-10-7-6-8-11-15;/h6-8,10-11H,4-5,9,12-14H2,1-3H3,(H,18,20)(H,19,22);1H. The van der Waals surface area contributed by atoms with Crippen molar-refractivity contribution in [3.05, 3.63) is 35.9 Å². The highest BCUT2D eigenvalue weighted by molar-refractivity contribution is 14.0. The summed E-state index contributed by atoms with van der Waals surface area (Å²) in [6.45, 7) is 4.62. The van der Waals surface area contributed by atoms with Gasteiger partial charge < -0.3 is 15.5 Å². The fourth-order valence-corrected chi connectivity index (χ4v) is 2.07. The molecule has 2 N–H and O–H groups in total. The van der Waals surface area contributed by atoms with Crippen LogP contribution in [0.2, 0.25) is 0 Å². The van der Waals surface area contributed by atoms with Gasteiger partial charge in [-0.1, -0.05) is 31.5 Å². The third-order valence-electron chi connectivity index (χ3n) is 3.38. The summed E-state index contributed by atoms with van der Waals surface area (Å²) in [6.07, 6.45) is 3.19. The van der Waals surface area contributed by atoms with Crippen LogP contribution in [0.1, 0.15) is 36.5 Å². The van der Waals surface area contributed by atoms with Crippen molar-refractivity contribution in [2.45, 2.75) is 26.2 Å². The van der Waals surface area contributed by atoms with Gasteiger partial charge in [-0.2, -0.15) is 0 Å². The summed E-state index contributed by atoms with van der Waals surface area (Å²) in [7, 11) is 3.84. The number of unbranched alkanes of at least 4 members (excludes halogenated alkanes) is 1. The Labute approximate surface area is 157 Å². The molecule has 0 spiro atoms. The SMILES string of the molecule is CCCCN(C)C(=NC)NCCCNC(=O)c1ccccc1.I. The summed E-state index contributed by atoms with van der Waals surface area (Å²) in [5.74, 6) is 0.882. The van der Waals surface area contributed by atoms with Gasteiger partial charge in [0.15, 0.2) is 5.96 Å². The average Bonchev–Trinajstić information content (AvgIpc) is 2.56.